The molecule has 7 heteroatoms. The number of esters is 4. The molecule has 0 aromatic carbocycles. The predicted octanol–water partition coefficient (Wildman–Crippen LogP) is 10.1. The van der Waals surface area contributed by atoms with Crippen molar-refractivity contribution in [2.24, 2.45) is 11.7 Å². The van der Waals surface area contributed by atoms with Gasteiger partial charge >= 0.3 is 23.9 Å². The van der Waals surface area contributed by atoms with Gasteiger partial charge in [-0.05, 0) is 25.7 Å². The maximum atomic E-state index is 12.9. The molecular weight excluding hydrogens is 554 g/mol. The number of hydrogen-bond donors (Lipinski definition) is 1. The Morgan fingerprint density at radius 3 is 1.23 bits per heavy atom. The van der Waals surface area contributed by atoms with E-state index in [-0.39, 0.29) is 25.2 Å². The van der Waals surface area contributed by atoms with Gasteiger partial charge in [0.05, 0.1) is 5.92 Å². The molecule has 0 bridgehead atoms. The largest absolute Gasteiger partial charge is 0.393 e. The Kier molecular flexibility index (Phi) is 30.0. The molecule has 0 aliphatic rings. The lowest BCUT2D eigenvalue weighted by Crippen LogP contribution is -2.36. The van der Waals surface area contributed by atoms with Crippen LogP contribution in [-0.4, -0.2) is 29.9 Å². The SMILES string of the molecule is CCCCCCCCCCCC(=O)OC(=O)CC[C@H](N)C(=O)OC(=O)C(CCCCCCCC)CCCCCCCCCC. The number of hydrogen-bond acceptors (Lipinski definition) is 7. The fourth-order valence-electron chi connectivity index (χ4n) is 5.53. The van der Waals surface area contributed by atoms with E-state index in [1.807, 2.05) is 0 Å². The smallest absolute Gasteiger partial charge is 0.330 e. The first-order valence-electron chi connectivity index (χ1n) is 18.6. The number of unbranched alkanes of at least 4 members (excludes halogenated alkanes) is 20. The molecule has 258 valence electrons. The third-order valence-electron chi connectivity index (χ3n) is 8.52. The van der Waals surface area contributed by atoms with Gasteiger partial charge in [-0.25, -0.2) is 4.79 Å². The molecule has 0 aliphatic carbocycles. The van der Waals surface area contributed by atoms with E-state index in [9.17, 15) is 19.2 Å². The molecule has 0 heterocycles. The van der Waals surface area contributed by atoms with Crippen molar-refractivity contribution in [2.45, 2.75) is 207 Å². The average Bonchev–Trinajstić information content (AvgIpc) is 3.00. The fraction of sp³-hybridized carbons (Fsp3) is 0.892. The highest BCUT2D eigenvalue weighted by Crippen LogP contribution is 2.21. The van der Waals surface area contributed by atoms with Gasteiger partial charge < -0.3 is 15.2 Å². The van der Waals surface area contributed by atoms with Gasteiger partial charge in [-0.1, -0.05) is 162 Å². The van der Waals surface area contributed by atoms with Crippen molar-refractivity contribution in [3.05, 3.63) is 0 Å². The van der Waals surface area contributed by atoms with E-state index in [2.05, 4.69) is 20.8 Å². The van der Waals surface area contributed by atoms with Gasteiger partial charge in [0.1, 0.15) is 6.04 Å². The van der Waals surface area contributed by atoms with Gasteiger partial charge in [-0.15, -0.1) is 0 Å². The van der Waals surface area contributed by atoms with Crippen molar-refractivity contribution in [3.8, 4) is 0 Å². The van der Waals surface area contributed by atoms with E-state index in [0.717, 1.165) is 57.8 Å². The minimum absolute atomic E-state index is 0.0314. The molecule has 7 nitrogen and oxygen atoms in total. The molecule has 0 saturated carbocycles. The van der Waals surface area contributed by atoms with E-state index in [0.29, 0.717) is 6.42 Å². The number of carbonyl (C=O) groups is 4. The summed E-state index contributed by atoms with van der Waals surface area (Å²) >= 11 is 0. The van der Waals surface area contributed by atoms with Crippen LogP contribution in [0, 0.1) is 5.92 Å². The molecule has 0 radical (unpaired) electrons. The van der Waals surface area contributed by atoms with Crippen molar-refractivity contribution < 1.29 is 28.7 Å². The van der Waals surface area contributed by atoms with Gasteiger partial charge in [0, 0.05) is 12.8 Å². The molecule has 2 N–H and O–H groups in total. The molecule has 0 aromatic rings. The highest BCUT2D eigenvalue weighted by molar-refractivity contribution is 5.90. The van der Waals surface area contributed by atoms with Crippen LogP contribution in [0.5, 0.6) is 0 Å². The second kappa shape index (κ2) is 31.2. The Morgan fingerprint density at radius 2 is 0.795 bits per heavy atom. The van der Waals surface area contributed by atoms with E-state index in [4.69, 9.17) is 15.2 Å². The van der Waals surface area contributed by atoms with Gasteiger partial charge in [-0.2, -0.15) is 0 Å². The molecule has 0 spiro atoms. The predicted molar refractivity (Wildman–Crippen MR) is 180 cm³/mol. The summed E-state index contributed by atoms with van der Waals surface area (Å²) in [6, 6.07) is -1.11. The van der Waals surface area contributed by atoms with Crippen molar-refractivity contribution in [2.75, 3.05) is 0 Å². The van der Waals surface area contributed by atoms with Crippen LogP contribution >= 0.6 is 0 Å². The first-order chi connectivity index (χ1) is 21.3. The Hall–Kier alpha value is -1.76. The molecule has 0 amide bonds. The maximum absolute atomic E-state index is 12.9. The van der Waals surface area contributed by atoms with Gasteiger partial charge in [0.2, 0.25) is 0 Å². The normalized spacial score (nSPS) is 12.5. The van der Waals surface area contributed by atoms with Crippen LogP contribution in [0.3, 0.4) is 0 Å². The standard InChI is InChI=1S/C37H69NO6/c1-4-7-10-13-16-18-20-23-26-29-34(39)43-35(40)31-30-33(38)37(42)44-36(41)32(27-24-21-15-12-9-6-3)28-25-22-19-17-14-11-8-5-2/h32-33H,4-31,38H2,1-3H3/t32?,33-/m0/s1. The van der Waals surface area contributed by atoms with Crippen LogP contribution in [-0.2, 0) is 28.7 Å². The third kappa shape index (κ3) is 26.6. The third-order valence-corrected chi connectivity index (χ3v) is 8.52. The summed E-state index contributed by atoms with van der Waals surface area (Å²) in [4.78, 5) is 49.6. The van der Waals surface area contributed by atoms with E-state index < -0.39 is 29.9 Å². The molecule has 0 rings (SSSR count). The molecule has 2 atom stereocenters. The minimum atomic E-state index is -1.11. The number of rotatable bonds is 31. The summed E-state index contributed by atoms with van der Waals surface area (Å²) in [5.41, 5.74) is 5.95. The summed E-state index contributed by atoms with van der Waals surface area (Å²) < 4.78 is 10.1. The Morgan fingerprint density at radius 1 is 0.432 bits per heavy atom. The monoisotopic (exact) mass is 624 g/mol. The number of carbonyl (C=O) groups excluding carboxylic acids is 4. The van der Waals surface area contributed by atoms with Crippen LogP contribution in [0.1, 0.15) is 201 Å². The molecule has 0 saturated heterocycles. The maximum Gasteiger partial charge on any atom is 0.330 e. The summed E-state index contributed by atoms with van der Waals surface area (Å²) in [6.45, 7) is 6.62. The van der Waals surface area contributed by atoms with Gasteiger partial charge in [0.15, 0.2) is 0 Å². The quantitative estimate of drug-likeness (QED) is 0.0464. The second-order valence-electron chi connectivity index (χ2n) is 12.8. The van der Waals surface area contributed by atoms with E-state index in [1.54, 1.807) is 0 Å². The molecular formula is C37H69NO6. The van der Waals surface area contributed by atoms with E-state index in [1.165, 1.54) is 96.3 Å². The first-order valence-corrected chi connectivity index (χ1v) is 18.6. The Balaban J connectivity index is 4.38. The summed E-state index contributed by atoms with van der Waals surface area (Å²) in [7, 11) is 0. The average molecular weight is 624 g/mol. The summed E-state index contributed by atoms with van der Waals surface area (Å²) in [5, 5.41) is 0. The van der Waals surface area contributed by atoms with E-state index >= 15 is 0 Å². The molecule has 0 aliphatic heterocycles. The van der Waals surface area contributed by atoms with Crippen molar-refractivity contribution >= 4 is 23.9 Å². The van der Waals surface area contributed by atoms with Crippen LogP contribution < -0.4 is 5.73 Å². The highest BCUT2D eigenvalue weighted by Gasteiger charge is 2.26. The van der Waals surface area contributed by atoms with Crippen molar-refractivity contribution in [1.29, 1.82) is 0 Å². The zero-order valence-corrected chi connectivity index (χ0v) is 29.0. The summed E-state index contributed by atoms with van der Waals surface area (Å²) in [5.74, 6) is -2.85. The molecule has 1 unspecified atom stereocenters. The number of nitrogens with two attached hydrogens (primary N) is 1. The molecule has 0 fully saturated rings. The first kappa shape index (κ1) is 42.2. The van der Waals surface area contributed by atoms with Crippen LogP contribution in [0.25, 0.3) is 0 Å². The van der Waals surface area contributed by atoms with Crippen LogP contribution in [0.2, 0.25) is 0 Å². The fourth-order valence-corrected chi connectivity index (χ4v) is 5.53. The van der Waals surface area contributed by atoms with Crippen molar-refractivity contribution in [3.63, 3.8) is 0 Å². The zero-order valence-electron chi connectivity index (χ0n) is 29.0. The van der Waals surface area contributed by atoms with Crippen LogP contribution in [0.4, 0.5) is 0 Å². The van der Waals surface area contributed by atoms with Gasteiger partial charge in [0.25, 0.3) is 0 Å². The minimum Gasteiger partial charge on any atom is -0.393 e. The highest BCUT2D eigenvalue weighted by atomic mass is 16.6. The summed E-state index contributed by atoms with van der Waals surface area (Å²) in [6.07, 6.45) is 28.0. The topological polar surface area (TPSA) is 113 Å². The zero-order chi connectivity index (χ0) is 32.7. The van der Waals surface area contributed by atoms with Gasteiger partial charge in [-0.3, -0.25) is 14.4 Å². The Bertz CT molecular complexity index is 725. The lowest BCUT2D eigenvalue weighted by Gasteiger charge is -2.17. The van der Waals surface area contributed by atoms with Crippen molar-refractivity contribution in [1.82, 2.24) is 0 Å². The molecule has 44 heavy (non-hydrogen) atoms. The lowest BCUT2D eigenvalue weighted by molar-refractivity contribution is -0.164. The number of ether oxygens (including phenoxy) is 2. The molecule has 0 aromatic heterocycles. The van der Waals surface area contributed by atoms with Crippen LogP contribution in [0.15, 0.2) is 0 Å². The Labute approximate surface area is 270 Å². The lowest BCUT2D eigenvalue weighted by atomic mass is 9.94. The second-order valence-corrected chi connectivity index (χ2v) is 12.8.